The van der Waals surface area contributed by atoms with Crippen LogP contribution >= 0.6 is 11.6 Å². The maximum absolute atomic E-state index is 11.9. The van der Waals surface area contributed by atoms with Gasteiger partial charge in [-0.15, -0.1) is 0 Å². The average molecular weight is 253 g/mol. The standard InChI is InChI=1S/C13H13ClO3/c1-9(13(15)12-6-3-7-16-12)17-11-5-2-4-10(14)8-11/h2,4-6,8-9H,3,7H2,1H3. The van der Waals surface area contributed by atoms with Crippen molar-refractivity contribution >= 4 is 17.4 Å². The van der Waals surface area contributed by atoms with Crippen molar-refractivity contribution in [3.05, 3.63) is 41.1 Å². The van der Waals surface area contributed by atoms with Crippen LogP contribution in [0.15, 0.2) is 36.1 Å². The van der Waals surface area contributed by atoms with Crippen molar-refractivity contribution in [2.45, 2.75) is 19.4 Å². The first-order valence-electron chi connectivity index (χ1n) is 5.46. The lowest BCUT2D eigenvalue weighted by atomic mass is 10.2. The van der Waals surface area contributed by atoms with Gasteiger partial charge in [0.15, 0.2) is 11.9 Å². The molecule has 1 aliphatic heterocycles. The SMILES string of the molecule is CC(Oc1cccc(Cl)c1)C(=O)C1=CCCO1. The first-order valence-corrected chi connectivity index (χ1v) is 5.84. The van der Waals surface area contributed by atoms with Gasteiger partial charge in [0.1, 0.15) is 5.75 Å². The van der Waals surface area contributed by atoms with Crippen molar-refractivity contribution in [1.82, 2.24) is 0 Å². The van der Waals surface area contributed by atoms with Gasteiger partial charge in [-0.1, -0.05) is 17.7 Å². The highest BCUT2D eigenvalue weighted by molar-refractivity contribution is 6.30. The molecule has 0 N–H and O–H groups in total. The molecule has 0 bridgehead atoms. The molecule has 0 saturated heterocycles. The topological polar surface area (TPSA) is 35.5 Å². The van der Waals surface area contributed by atoms with E-state index in [1.54, 1.807) is 37.3 Å². The second kappa shape index (κ2) is 5.23. The van der Waals surface area contributed by atoms with E-state index in [9.17, 15) is 4.79 Å². The highest BCUT2D eigenvalue weighted by Crippen LogP contribution is 2.20. The fourth-order valence-electron chi connectivity index (χ4n) is 1.59. The van der Waals surface area contributed by atoms with E-state index in [1.165, 1.54) is 0 Å². The van der Waals surface area contributed by atoms with E-state index in [-0.39, 0.29) is 5.78 Å². The van der Waals surface area contributed by atoms with Gasteiger partial charge in [-0.2, -0.15) is 0 Å². The number of ether oxygens (including phenoxy) is 2. The molecule has 1 heterocycles. The van der Waals surface area contributed by atoms with E-state index in [0.29, 0.717) is 23.1 Å². The molecular formula is C13H13ClO3. The Hall–Kier alpha value is -1.48. The molecular weight excluding hydrogens is 240 g/mol. The molecule has 0 saturated carbocycles. The van der Waals surface area contributed by atoms with Gasteiger partial charge < -0.3 is 9.47 Å². The van der Waals surface area contributed by atoms with Crippen LogP contribution in [-0.4, -0.2) is 18.5 Å². The second-order valence-corrected chi connectivity index (χ2v) is 4.22. The van der Waals surface area contributed by atoms with Crippen LogP contribution in [0.4, 0.5) is 0 Å². The van der Waals surface area contributed by atoms with Gasteiger partial charge in [0, 0.05) is 11.4 Å². The molecule has 0 fully saturated rings. The fraction of sp³-hybridized carbons (Fsp3) is 0.308. The Bertz CT molecular complexity index is 454. The van der Waals surface area contributed by atoms with Crippen LogP contribution in [0.5, 0.6) is 5.75 Å². The zero-order valence-electron chi connectivity index (χ0n) is 9.48. The van der Waals surface area contributed by atoms with Gasteiger partial charge in [-0.3, -0.25) is 4.79 Å². The van der Waals surface area contributed by atoms with Gasteiger partial charge in [-0.25, -0.2) is 0 Å². The van der Waals surface area contributed by atoms with E-state index in [4.69, 9.17) is 21.1 Å². The third-order valence-corrected chi connectivity index (χ3v) is 2.66. The lowest BCUT2D eigenvalue weighted by Gasteiger charge is -2.14. The van der Waals surface area contributed by atoms with Crippen molar-refractivity contribution in [3.8, 4) is 5.75 Å². The molecule has 0 amide bonds. The minimum atomic E-state index is -0.571. The summed E-state index contributed by atoms with van der Waals surface area (Å²) >= 11 is 5.83. The number of carbonyl (C=O) groups is 1. The van der Waals surface area contributed by atoms with E-state index in [0.717, 1.165) is 6.42 Å². The molecule has 1 atom stereocenters. The summed E-state index contributed by atoms with van der Waals surface area (Å²) < 4.78 is 10.7. The Balaban J connectivity index is 2.01. The molecule has 0 spiro atoms. The monoisotopic (exact) mass is 252 g/mol. The van der Waals surface area contributed by atoms with E-state index >= 15 is 0 Å². The van der Waals surface area contributed by atoms with Gasteiger partial charge in [0.25, 0.3) is 0 Å². The summed E-state index contributed by atoms with van der Waals surface area (Å²) in [6, 6.07) is 6.97. The van der Waals surface area contributed by atoms with Crippen LogP contribution in [0.1, 0.15) is 13.3 Å². The molecule has 3 nitrogen and oxygen atoms in total. The summed E-state index contributed by atoms with van der Waals surface area (Å²) in [6.45, 7) is 2.27. The van der Waals surface area contributed by atoms with Crippen molar-refractivity contribution in [3.63, 3.8) is 0 Å². The fourth-order valence-corrected chi connectivity index (χ4v) is 1.77. The highest BCUT2D eigenvalue weighted by atomic mass is 35.5. The molecule has 1 aliphatic rings. The van der Waals surface area contributed by atoms with Crippen LogP contribution in [0.25, 0.3) is 0 Å². The Labute approximate surface area is 105 Å². The number of halogens is 1. The largest absolute Gasteiger partial charge is 0.490 e. The zero-order valence-corrected chi connectivity index (χ0v) is 10.2. The minimum absolute atomic E-state index is 0.137. The Kier molecular flexibility index (Phi) is 3.69. The number of Topliss-reactive ketones (excluding diaryl/α,β-unsaturated/α-hetero) is 1. The number of carbonyl (C=O) groups excluding carboxylic acids is 1. The normalized spacial score (nSPS) is 16.0. The van der Waals surface area contributed by atoms with Crippen molar-refractivity contribution in [2.24, 2.45) is 0 Å². The molecule has 90 valence electrons. The minimum Gasteiger partial charge on any atom is -0.490 e. The maximum atomic E-state index is 11.9. The van der Waals surface area contributed by atoms with Gasteiger partial charge in [0.05, 0.1) is 6.61 Å². The average Bonchev–Trinajstić information content (AvgIpc) is 2.81. The molecule has 0 radical (unpaired) electrons. The molecule has 0 aliphatic carbocycles. The van der Waals surface area contributed by atoms with E-state index < -0.39 is 6.10 Å². The Morgan fingerprint density at radius 3 is 3.00 bits per heavy atom. The lowest BCUT2D eigenvalue weighted by Crippen LogP contribution is -2.25. The quantitative estimate of drug-likeness (QED) is 0.826. The summed E-state index contributed by atoms with van der Waals surface area (Å²) in [6.07, 6.45) is 2.00. The molecule has 17 heavy (non-hydrogen) atoms. The van der Waals surface area contributed by atoms with Gasteiger partial charge >= 0.3 is 0 Å². The van der Waals surface area contributed by atoms with Crippen molar-refractivity contribution < 1.29 is 14.3 Å². The predicted molar refractivity (Wildman–Crippen MR) is 65.2 cm³/mol. The molecule has 1 aromatic rings. The molecule has 1 aromatic carbocycles. The summed E-state index contributed by atoms with van der Waals surface area (Å²) in [5.74, 6) is 0.846. The number of benzene rings is 1. The van der Waals surface area contributed by atoms with E-state index in [1.807, 2.05) is 0 Å². The zero-order chi connectivity index (χ0) is 12.3. The number of hydrogen-bond donors (Lipinski definition) is 0. The molecule has 4 heteroatoms. The molecule has 0 aromatic heterocycles. The second-order valence-electron chi connectivity index (χ2n) is 3.79. The maximum Gasteiger partial charge on any atom is 0.237 e. The third kappa shape index (κ3) is 3.01. The van der Waals surface area contributed by atoms with Crippen LogP contribution in [-0.2, 0) is 9.53 Å². The number of rotatable bonds is 4. The summed E-state index contributed by atoms with van der Waals surface area (Å²) in [5.41, 5.74) is 0. The van der Waals surface area contributed by atoms with E-state index in [2.05, 4.69) is 0 Å². The van der Waals surface area contributed by atoms with Gasteiger partial charge in [-0.05, 0) is 31.2 Å². The first-order chi connectivity index (χ1) is 8.16. The first kappa shape index (κ1) is 12.0. The van der Waals surface area contributed by atoms with Crippen molar-refractivity contribution in [2.75, 3.05) is 6.61 Å². The number of ketones is 1. The number of hydrogen-bond acceptors (Lipinski definition) is 3. The van der Waals surface area contributed by atoms with Gasteiger partial charge in [0.2, 0.25) is 5.78 Å². The molecule has 2 rings (SSSR count). The molecule has 1 unspecified atom stereocenters. The predicted octanol–water partition coefficient (Wildman–Crippen LogP) is 2.98. The smallest absolute Gasteiger partial charge is 0.237 e. The third-order valence-electron chi connectivity index (χ3n) is 2.43. The Morgan fingerprint density at radius 1 is 1.53 bits per heavy atom. The van der Waals surface area contributed by atoms with Crippen LogP contribution in [0.2, 0.25) is 5.02 Å². The lowest BCUT2D eigenvalue weighted by molar-refractivity contribution is -0.124. The van der Waals surface area contributed by atoms with Crippen molar-refractivity contribution in [1.29, 1.82) is 0 Å². The highest BCUT2D eigenvalue weighted by Gasteiger charge is 2.22. The summed E-state index contributed by atoms with van der Waals surface area (Å²) in [4.78, 5) is 11.9. The Morgan fingerprint density at radius 2 is 2.35 bits per heavy atom. The van der Waals surface area contributed by atoms with Crippen LogP contribution in [0, 0.1) is 0 Å². The van der Waals surface area contributed by atoms with Crippen LogP contribution in [0.3, 0.4) is 0 Å². The summed E-state index contributed by atoms with van der Waals surface area (Å²) in [7, 11) is 0. The van der Waals surface area contributed by atoms with Crippen LogP contribution < -0.4 is 4.74 Å². The summed E-state index contributed by atoms with van der Waals surface area (Å²) in [5, 5.41) is 0.582.